The first-order valence-corrected chi connectivity index (χ1v) is 14.5. The summed E-state index contributed by atoms with van der Waals surface area (Å²) in [4.78, 5) is 48.7. The smallest absolute Gasteiger partial charge is 0.263 e. The number of hydrogen-bond acceptors (Lipinski definition) is 6. The van der Waals surface area contributed by atoms with Gasteiger partial charge in [-0.15, -0.1) is 17.9 Å². The molecule has 3 heterocycles. The largest absolute Gasteiger partial charge is 0.283 e. The zero-order chi connectivity index (χ0) is 25.2. The van der Waals surface area contributed by atoms with Crippen molar-refractivity contribution in [2.45, 2.75) is 68.3 Å². The first kappa shape index (κ1) is 25.2. The van der Waals surface area contributed by atoms with Crippen LogP contribution in [0, 0.1) is 0 Å². The molecule has 1 aromatic carbocycles. The Hall–Kier alpha value is -2.42. The van der Waals surface area contributed by atoms with Crippen LogP contribution in [0.2, 0.25) is 5.02 Å². The van der Waals surface area contributed by atoms with Crippen LogP contribution in [0.4, 0.5) is 0 Å². The summed E-state index contributed by atoms with van der Waals surface area (Å²) in [7, 11) is 0. The van der Waals surface area contributed by atoms with Gasteiger partial charge in [0.25, 0.3) is 11.5 Å². The third-order valence-corrected chi connectivity index (χ3v) is 9.51. The number of carbonyl (C=O) groups excluding carboxylic acids is 2. The van der Waals surface area contributed by atoms with E-state index in [0.717, 1.165) is 54.3 Å². The summed E-state index contributed by atoms with van der Waals surface area (Å²) in [5, 5.41) is 1.29. The topological polar surface area (TPSA) is 72.3 Å². The van der Waals surface area contributed by atoms with Gasteiger partial charge in [0.05, 0.1) is 10.6 Å². The average Bonchev–Trinajstić information content (AvgIpc) is 2.98. The van der Waals surface area contributed by atoms with E-state index < -0.39 is 5.25 Å². The molecule has 2 aliphatic rings. The maximum atomic E-state index is 13.7. The molecule has 0 N–H and O–H groups in total. The van der Waals surface area contributed by atoms with Crippen molar-refractivity contribution in [1.82, 2.24) is 14.5 Å². The minimum absolute atomic E-state index is 0.0584. The van der Waals surface area contributed by atoms with E-state index >= 15 is 0 Å². The van der Waals surface area contributed by atoms with E-state index in [2.05, 4.69) is 6.58 Å². The number of imide groups is 1. The maximum Gasteiger partial charge on any atom is 0.263 e. The van der Waals surface area contributed by atoms with Gasteiger partial charge in [0.15, 0.2) is 5.16 Å². The highest BCUT2D eigenvalue weighted by molar-refractivity contribution is 8.00. The molecular formula is C27H28ClN3O3S2. The predicted molar refractivity (Wildman–Crippen MR) is 146 cm³/mol. The number of hydrogen-bond donors (Lipinski definition) is 0. The van der Waals surface area contributed by atoms with Crippen molar-refractivity contribution >= 4 is 56.7 Å². The number of likely N-dealkylation sites (tertiary alicyclic amines) is 1. The summed E-state index contributed by atoms with van der Waals surface area (Å²) in [6.45, 7) is 4.54. The van der Waals surface area contributed by atoms with Gasteiger partial charge in [-0.2, -0.15) is 0 Å². The molecule has 0 saturated carbocycles. The lowest BCUT2D eigenvalue weighted by Gasteiger charge is -2.23. The second-order valence-corrected chi connectivity index (χ2v) is 11.9. The molecule has 1 fully saturated rings. The van der Waals surface area contributed by atoms with E-state index in [4.69, 9.17) is 16.6 Å². The molecule has 1 saturated heterocycles. The Morgan fingerprint density at radius 3 is 2.69 bits per heavy atom. The van der Waals surface area contributed by atoms with Gasteiger partial charge in [0.1, 0.15) is 4.83 Å². The minimum Gasteiger partial charge on any atom is -0.283 e. The van der Waals surface area contributed by atoms with Gasteiger partial charge in [0.2, 0.25) is 5.91 Å². The van der Waals surface area contributed by atoms with E-state index in [1.54, 1.807) is 46.2 Å². The van der Waals surface area contributed by atoms with E-state index in [9.17, 15) is 14.4 Å². The zero-order valence-corrected chi connectivity index (χ0v) is 22.4. The van der Waals surface area contributed by atoms with Crippen LogP contribution >= 0.6 is 34.7 Å². The highest BCUT2D eigenvalue weighted by Crippen LogP contribution is 2.36. The zero-order valence-electron chi connectivity index (χ0n) is 20.0. The first-order valence-electron chi connectivity index (χ1n) is 12.4. The van der Waals surface area contributed by atoms with Crippen LogP contribution in [0.1, 0.15) is 59.3 Å². The number of aryl methyl sites for hydroxylation is 2. The normalized spacial score (nSPS) is 18.5. The first-order chi connectivity index (χ1) is 17.5. The molecule has 0 unspecified atom stereocenters. The van der Waals surface area contributed by atoms with Gasteiger partial charge in [0, 0.05) is 28.6 Å². The van der Waals surface area contributed by atoms with Crippen LogP contribution in [0.3, 0.4) is 0 Å². The Labute approximate surface area is 223 Å². The number of benzene rings is 1. The van der Waals surface area contributed by atoms with Crippen LogP contribution in [-0.2, 0) is 24.2 Å². The van der Waals surface area contributed by atoms with Gasteiger partial charge in [-0.05, 0) is 68.4 Å². The summed E-state index contributed by atoms with van der Waals surface area (Å²) < 4.78 is 1.64. The van der Waals surface area contributed by atoms with Crippen molar-refractivity contribution in [2.24, 2.45) is 0 Å². The van der Waals surface area contributed by atoms with Gasteiger partial charge < -0.3 is 0 Å². The lowest BCUT2D eigenvalue weighted by atomic mass is 10.1. The molecule has 1 aliphatic heterocycles. The molecule has 0 bridgehead atoms. The third kappa shape index (κ3) is 4.91. The van der Waals surface area contributed by atoms with Crippen LogP contribution in [-0.4, -0.2) is 38.1 Å². The Morgan fingerprint density at radius 2 is 1.92 bits per heavy atom. The number of carbonyl (C=O) groups is 2. The Bertz CT molecular complexity index is 1380. The van der Waals surface area contributed by atoms with E-state index in [1.165, 1.54) is 28.0 Å². The molecule has 36 heavy (non-hydrogen) atoms. The lowest BCUT2D eigenvalue weighted by Crippen LogP contribution is -2.41. The van der Waals surface area contributed by atoms with E-state index in [1.807, 2.05) is 0 Å². The van der Waals surface area contributed by atoms with Gasteiger partial charge in [-0.25, -0.2) is 4.98 Å². The molecule has 0 spiro atoms. The number of amides is 2. The SMILES string of the molecule is C=CCn1c(S[C@H]2CCCCN(C(=O)c3ccc(Cl)cc3)C2=O)nc2sc3c(c2c1=O)CCCCC3. The molecule has 6 nitrogen and oxygen atoms in total. The molecule has 9 heteroatoms. The molecule has 2 amide bonds. The van der Waals surface area contributed by atoms with Crippen molar-refractivity contribution in [2.75, 3.05) is 6.54 Å². The van der Waals surface area contributed by atoms with E-state index in [-0.39, 0.29) is 17.4 Å². The summed E-state index contributed by atoms with van der Waals surface area (Å²) in [6, 6.07) is 6.59. The van der Waals surface area contributed by atoms with Gasteiger partial charge >= 0.3 is 0 Å². The summed E-state index contributed by atoms with van der Waals surface area (Å²) >= 11 is 8.88. The number of halogens is 1. The molecule has 1 atom stereocenters. The van der Waals surface area contributed by atoms with Crippen molar-refractivity contribution < 1.29 is 9.59 Å². The lowest BCUT2D eigenvalue weighted by molar-refractivity contribution is -0.127. The van der Waals surface area contributed by atoms with Gasteiger partial charge in [-0.3, -0.25) is 23.9 Å². The van der Waals surface area contributed by atoms with Crippen molar-refractivity contribution in [3.63, 3.8) is 0 Å². The second-order valence-electron chi connectivity index (χ2n) is 9.25. The van der Waals surface area contributed by atoms with E-state index in [0.29, 0.717) is 35.3 Å². The number of fused-ring (bicyclic) bond motifs is 3. The predicted octanol–water partition coefficient (Wildman–Crippen LogP) is 5.88. The molecule has 3 aromatic rings. The van der Waals surface area contributed by atoms with Crippen molar-refractivity contribution in [1.29, 1.82) is 0 Å². The molecule has 5 rings (SSSR count). The monoisotopic (exact) mass is 541 g/mol. The van der Waals surface area contributed by atoms with Gasteiger partial charge in [-0.1, -0.05) is 42.3 Å². The number of aromatic nitrogens is 2. The molecule has 1 aliphatic carbocycles. The highest BCUT2D eigenvalue weighted by atomic mass is 35.5. The minimum atomic E-state index is -0.498. The number of allylic oxidation sites excluding steroid dienone is 1. The molecule has 188 valence electrons. The van der Waals surface area contributed by atoms with Crippen LogP contribution in [0.15, 0.2) is 46.9 Å². The van der Waals surface area contributed by atoms with Crippen molar-refractivity contribution in [3.8, 4) is 0 Å². The third-order valence-electron chi connectivity index (χ3n) is 6.82. The molecule has 2 aromatic heterocycles. The van der Waals surface area contributed by atoms with Crippen LogP contribution < -0.4 is 5.56 Å². The Balaban J connectivity index is 1.49. The highest BCUT2D eigenvalue weighted by Gasteiger charge is 2.33. The maximum absolute atomic E-state index is 13.7. The summed E-state index contributed by atoms with van der Waals surface area (Å²) in [5.41, 5.74) is 1.53. The molecular weight excluding hydrogens is 514 g/mol. The number of nitrogens with zero attached hydrogens (tertiary/aromatic N) is 3. The summed E-state index contributed by atoms with van der Waals surface area (Å²) in [6.07, 6.45) is 9.17. The van der Waals surface area contributed by atoms with Crippen molar-refractivity contribution in [3.05, 3.63) is 68.3 Å². The number of rotatable bonds is 5. The Morgan fingerprint density at radius 1 is 1.14 bits per heavy atom. The number of thiophene rings is 1. The Kier molecular flexibility index (Phi) is 7.65. The van der Waals surface area contributed by atoms with Crippen LogP contribution in [0.25, 0.3) is 10.2 Å². The quantitative estimate of drug-likeness (QED) is 0.174. The average molecular weight is 542 g/mol. The number of thioether (sulfide) groups is 1. The fraction of sp³-hybridized carbons (Fsp3) is 0.407. The fourth-order valence-corrected chi connectivity index (χ4v) is 7.60. The standard InChI is InChI=1S/C27H28ClN3O3S2/c1-2-15-31-26(34)22-19-8-4-3-5-9-20(19)35-23(22)29-27(31)36-21-10-6-7-16-30(25(21)33)24(32)17-11-13-18(28)14-12-17/h2,11-14,21H,1,3-10,15-16H2/t21-/m0/s1. The fourth-order valence-electron chi connectivity index (χ4n) is 4.97. The second kappa shape index (κ2) is 10.9. The summed E-state index contributed by atoms with van der Waals surface area (Å²) in [5.74, 6) is -0.558. The molecule has 0 radical (unpaired) electrons. The van der Waals surface area contributed by atoms with Crippen LogP contribution in [0.5, 0.6) is 0 Å².